The van der Waals surface area contributed by atoms with Crippen LogP contribution in [-0.4, -0.2) is 48.3 Å². The second-order valence-electron chi connectivity index (χ2n) is 4.02. The average molecular weight is 333 g/mol. The maximum absolute atomic E-state index is 11.0. The molecular weight excluding hydrogens is 316 g/mol. The van der Waals surface area contributed by atoms with Crippen LogP contribution in [0.1, 0.15) is 5.56 Å². The molecule has 0 saturated carbocycles. The van der Waals surface area contributed by atoms with E-state index in [2.05, 4.69) is 15.9 Å². The molecule has 0 heterocycles. The summed E-state index contributed by atoms with van der Waals surface area (Å²) in [6.45, 7) is 1.99. The Morgan fingerprint density at radius 3 is 2.79 bits per heavy atom. The van der Waals surface area contributed by atoms with Gasteiger partial charge in [0.15, 0.2) is 0 Å². The number of hydrogen-bond acceptors (Lipinski definition) is 5. The van der Waals surface area contributed by atoms with Gasteiger partial charge in [-0.05, 0) is 12.1 Å². The molecule has 7 heteroatoms. The van der Waals surface area contributed by atoms with E-state index in [4.69, 9.17) is 9.84 Å². The van der Waals surface area contributed by atoms with Crippen molar-refractivity contribution in [3.05, 3.63) is 38.3 Å². The maximum atomic E-state index is 11.0. The molecule has 0 amide bonds. The van der Waals surface area contributed by atoms with Crippen molar-refractivity contribution in [2.45, 2.75) is 6.54 Å². The molecule has 1 aromatic carbocycles. The van der Waals surface area contributed by atoms with Gasteiger partial charge in [-0.2, -0.15) is 0 Å². The minimum Gasteiger partial charge on any atom is -0.395 e. The van der Waals surface area contributed by atoms with Crippen molar-refractivity contribution < 1.29 is 14.8 Å². The third kappa shape index (κ3) is 5.23. The molecule has 0 unspecified atom stereocenters. The van der Waals surface area contributed by atoms with Crippen molar-refractivity contribution in [1.82, 2.24) is 4.90 Å². The van der Waals surface area contributed by atoms with E-state index in [-0.39, 0.29) is 12.3 Å². The summed E-state index contributed by atoms with van der Waals surface area (Å²) in [5, 5.41) is 20.0. The monoisotopic (exact) mass is 332 g/mol. The molecule has 0 aliphatic rings. The van der Waals surface area contributed by atoms with Gasteiger partial charge in [0, 0.05) is 42.8 Å². The molecule has 1 N–H and O–H groups in total. The van der Waals surface area contributed by atoms with E-state index in [1.807, 2.05) is 4.90 Å². The van der Waals surface area contributed by atoms with Crippen molar-refractivity contribution in [2.75, 3.05) is 33.4 Å². The van der Waals surface area contributed by atoms with Crippen molar-refractivity contribution in [3.8, 4) is 0 Å². The molecular formula is C12H17BrN2O4. The smallest absolute Gasteiger partial charge is 0.273 e. The average Bonchev–Trinajstić information content (AvgIpc) is 2.36. The third-order valence-electron chi connectivity index (χ3n) is 2.66. The van der Waals surface area contributed by atoms with Crippen LogP contribution in [-0.2, 0) is 11.3 Å². The number of hydrogen-bond donors (Lipinski definition) is 1. The molecule has 0 spiro atoms. The number of ether oxygens (including phenoxy) is 1. The molecule has 0 fully saturated rings. The Labute approximate surface area is 120 Å². The number of halogens is 1. The molecule has 0 radical (unpaired) electrons. The Balaban J connectivity index is 2.87. The highest BCUT2D eigenvalue weighted by molar-refractivity contribution is 9.10. The van der Waals surface area contributed by atoms with Gasteiger partial charge in [0.2, 0.25) is 0 Å². The zero-order valence-electron chi connectivity index (χ0n) is 10.7. The largest absolute Gasteiger partial charge is 0.395 e. The Hall–Kier alpha value is -1.02. The first-order chi connectivity index (χ1) is 9.08. The number of nitro benzene ring substituents is 1. The molecule has 0 aliphatic carbocycles. The van der Waals surface area contributed by atoms with Crippen molar-refractivity contribution in [1.29, 1.82) is 0 Å². The van der Waals surface area contributed by atoms with Gasteiger partial charge in [0.25, 0.3) is 5.69 Å². The second-order valence-corrected chi connectivity index (χ2v) is 4.94. The first-order valence-corrected chi connectivity index (χ1v) is 6.62. The van der Waals surface area contributed by atoms with Gasteiger partial charge >= 0.3 is 0 Å². The lowest BCUT2D eigenvalue weighted by molar-refractivity contribution is -0.385. The summed E-state index contributed by atoms with van der Waals surface area (Å²) in [5.41, 5.74) is 0.701. The molecule has 0 aromatic heterocycles. The topological polar surface area (TPSA) is 75.8 Å². The molecule has 1 rings (SSSR count). The normalized spacial score (nSPS) is 10.9. The summed E-state index contributed by atoms with van der Waals surface area (Å²) < 4.78 is 5.79. The zero-order valence-corrected chi connectivity index (χ0v) is 12.3. The van der Waals surface area contributed by atoms with Crippen LogP contribution in [0.15, 0.2) is 22.7 Å². The lowest BCUT2D eigenvalue weighted by atomic mass is 10.1. The van der Waals surface area contributed by atoms with Crippen LogP contribution in [0.3, 0.4) is 0 Å². The Morgan fingerprint density at radius 2 is 2.21 bits per heavy atom. The number of nitro groups is 1. The summed E-state index contributed by atoms with van der Waals surface area (Å²) in [7, 11) is 1.60. The van der Waals surface area contributed by atoms with Crippen LogP contribution in [0.4, 0.5) is 5.69 Å². The van der Waals surface area contributed by atoms with Crippen molar-refractivity contribution in [3.63, 3.8) is 0 Å². The first-order valence-electron chi connectivity index (χ1n) is 5.83. The molecule has 0 atom stereocenters. The minimum atomic E-state index is -0.394. The minimum absolute atomic E-state index is 0.00547. The summed E-state index contributed by atoms with van der Waals surface area (Å²) >= 11 is 3.31. The van der Waals surface area contributed by atoms with E-state index >= 15 is 0 Å². The molecule has 6 nitrogen and oxygen atoms in total. The zero-order chi connectivity index (χ0) is 14.3. The quantitative estimate of drug-likeness (QED) is 0.580. The van der Waals surface area contributed by atoms with E-state index in [1.54, 1.807) is 19.2 Å². The van der Waals surface area contributed by atoms with E-state index < -0.39 is 4.92 Å². The predicted molar refractivity (Wildman–Crippen MR) is 75.0 cm³/mol. The highest BCUT2D eigenvalue weighted by Gasteiger charge is 2.16. The van der Waals surface area contributed by atoms with E-state index in [1.165, 1.54) is 6.07 Å². The highest BCUT2D eigenvalue weighted by atomic mass is 79.9. The number of rotatable bonds is 8. The summed E-state index contributed by atoms with van der Waals surface area (Å²) in [6, 6.07) is 4.86. The fourth-order valence-corrected chi connectivity index (χ4v) is 2.14. The fourth-order valence-electron chi connectivity index (χ4n) is 1.73. The highest BCUT2D eigenvalue weighted by Crippen LogP contribution is 2.24. The maximum Gasteiger partial charge on any atom is 0.273 e. The van der Waals surface area contributed by atoms with Crippen LogP contribution in [0, 0.1) is 10.1 Å². The Kier molecular flexibility index (Phi) is 6.93. The molecule has 0 saturated heterocycles. The first kappa shape index (κ1) is 16.0. The lowest BCUT2D eigenvalue weighted by Gasteiger charge is -2.20. The number of benzene rings is 1. The van der Waals surface area contributed by atoms with Crippen LogP contribution in [0.5, 0.6) is 0 Å². The van der Waals surface area contributed by atoms with Gasteiger partial charge in [0.1, 0.15) is 0 Å². The molecule has 0 bridgehead atoms. The van der Waals surface area contributed by atoms with Crippen LogP contribution in [0.25, 0.3) is 0 Å². The Morgan fingerprint density at radius 1 is 1.47 bits per heavy atom. The number of aliphatic hydroxyl groups excluding tert-OH is 1. The number of methoxy groups -OCH3 is 1. The van der Waals surface area contributed by atoms with Gasteiger partial charge in [-0.1, -0.05) is 15.9 Å². The number of aliphatic hydroxyl groups is 1. The summed E-state index contributed by atoms with van der Waals surface area (Å²) in [5.74, 6) is 0. The van der Waals surface area contributed by atoms with Crippen LogP contribution in [0.2, 0.25) is 0 Å². The van der Waals surface area contributed by atoms with Crippen LogP contribution >= 0.6 is 15.9 Å². The second kappa shape index (κ2) is 8.21. The van der Waals surface area contributed by atoms with Gasteiger partial charge in [0.05, 0.1) is 18.1 Å². The third-order valence-corrected chi connectivity index (χ3v) is 3.15. The molecule has 1 aromatic rings. The molecule has 0 aliphatic heterocycles. The van der Waals surface area contributed by atoms with Crippen molar-refractivity contribution >= 4 is 21.6 Å². The SMILES string of the molecule is COCCN(CCO)Cc1cc(Br)ccc1[N+](=O)[O-]. The van der Waals surface area contributed by atoms with Gasteiger partial charge in [-0.3, -0.25) is 15.0 Å². The number of nitrogens with zero attached hydrogens (tertiary/aromatic N) is 2. The van der Waals surface area contributed by atoms with E-state index in [9.17, 15) is 10.1 Å². The standard InChI is InChI=1S/C12H17BrN2O4/c1-19-7-5-14(4-6-16)9-10-8-11(13)2-3-12(10)15(17)18/h2-3,8,16H,4-7,9H2,1H3. The van der Waals surface area contributed by atoms with Gasteiger partial charge in [-0.25, -0.2) is 0 Å². The lowest BCUT2D eigenvalue weighted by Crippen LogP contribution is -2.30. The Bertz CT molecular complexity index is 428. The molecule has 19 heavy (non-hydrogen) atoms. The summed E-state index contributed by atoms with van der Waals surface area (Å²) in [4.78, 5) is 12.5. The van der Waals surface area contributed by atoms with Crippen molar-refractivity contribution in [2.24, 2.45) is 0 Å². The van der Waals surface area contributed by atoms with E-state index in [0.29, 0.717) is 31.8 Å². The van der Waals surface area contributed by atoms with Gasteiger partial charge in [-0.15, -0.1) is 0 Å². The van der Waals surface area contributed by atoms with E-state index in [0.717, 1.165) is 4.47 Å². The molecule has 106 valence electrons. The van der Waals surface area contributed by atoms with Crippen LogP contribution < -0.4 is 0 Å². The fraction of sp³-hybridized carbons (Fsp3) is 0.500. The predicted octanol–water partition coefficient (Wildman–Crippen LogP) is 1.80. The van der Waals surface area contributed by atoms with Gasteiger partial charge < -0.3 is 9.84 Å². The summed E-state index contributed by atoms with van der Waals surface area (Å²) in [6.07, 6.45) is 0.